The Morgan fingerprint density at radius 2 is 2.18 bits per heavy atom. The van der Waals surface area contributed by atoms with E-state index in [9.17, 15) is 0 Å². The highest BCUT2D eigenvalue weighted by atomic mass is 32.2. The summed E-state index contributed by atoms with van der Waals surface area (Å²) in [5, 5.41) is 8.21. The van der Waals surface area contributed by atoms with Crippen LogP contribution in [0.5, 0.6) is 0 Å². The zero-order chi connectivity index (χ0) is 11.5. The Labute approximate surface area is 106 Å². The lowest BCUT2D eigenvalue weighted by molar-refractivity contribution is 0.318. The highest BCUT2D eigenvalue weighted by Gasteiger charge is 2.23. The minimum Gasteiger partial charge on any atom is -0.339 e. The predicted molar refractivity (Wildman–Crippen MR) is 68.3 cm³/mol. The molecule has 0 saturated carbocycles. The van der Waals surface area contributed by atoms with Crippen LogP contribution in [-0.4, -0.2) is 34.2 Å². The number of aromatic nitrogens is 2. The van der Waals surface area contributed by atoms with Gasteiger partial charge in [0.1, 0.15) is 0 Å². The average molecular weight is 253 g/mol. The maximum absolute atomic E-state index is 5.42. The lowest BCUT2D eigenvalue weighted by atomic mass is 9.98. The molecule has 2 aliphatic heterocycles. The van der Waals surface area contributed by atoms with E-state index in [2.05, 4.69) is 27.2 Å². The fraction of sp³-hybridized carbons (Fsp3) is 0.833. The van der Waals surface area contributed by atoms with E-state index in [1.165, 1.54) is 18.6 Å². The SMILES string of the molecule is C1CSC(Cc2noc(C3CCNCC3)n2)C1. The molecule has 17 heavy (non-hydrogen) atoms. The molecule has 1 unspecified atom stereocenters. The van der Waals surface area contributed by atoms with Crippen LogP contribution in [0.2, 0.25) is 0 Å². The zero-order valence-corrected chi connectivity index (χ0v) is 10.8. The van der Waals surface area contributed by atoms with Gasteiger partial charge in [0.25, 0.3) is 0 Å². The van der Waals surface area contributed by atoms with Gasteiger partial charge in [-0.2, -0.15) is 16.7 Å². The molecule has 4 nitrogen and oxygen atoms in total. The van der Waals surface area contributed by atoms with Gasteiger partial charge in [-0.15, -0.1) is 0 Å². The van der Waals surface area contributed by atoms with E-state index in [0.29, 0.717) is 11.2 Å². The lowest BCUT2D eigenvalue weighted by Gasteiger charge is -2.18. The molecule has 0 amide bonds. The number of hydrogen-bond donors (Lipinski definition) is 1. The number of rotatable bonds is 3. The Kier molecular flexibility index (Phi) is 3.66. The van der Waals surface area contributed by atoms with Gasteiger partial charge in [-0.25, -0.2) is 0 Å². The quantitative estimate of drug-likeness (QED) is 0.892. The van der Waals surface area contributed by atoms with Crippen molar-refractivity contribution in [3.63, 3.8) is 0 Å². The van der Waals surface area contributed by atoms with Crippen molar-refractivity contribution < 1.29 is 4.52 Å². The van der Waals surface area contributed by atoms with Crippen LogP contribution >= 0.6 is 11.8 Å². The Morgan fingerprint density at radius 3 is 2.94 bits per heavy atom. The number of thioether (sulfide) groups is 1. The van der Waals surface area contributed by atoms with E-state index in [1.54, 1.807) is 0 Å². The summed E-state index contributed by atoms with van der Waals surface area (Å²) >= 11 is 2.05. The van der Waals surface area contributed by atoms with E-state index in [4.69, 9.17) is 4.52 Å². The molecule has 0 aromatic carbocycles. The Hall–Kier alpha value is -0.550. The molecule has 94 valence electrons. The third kappa shape index (κ3) is 2.83. The van der Waals surface area contributed by atoms with Crippen molar-refractivity contribution in [1.29, 1.82) is 0 Å². The van der Waals surface area contributed by atoms with Crippen LogP contribution in [-0.2, 0) is 6.42 Å². The van der Waals surface area contributed by atoms with Crippen LogP contribution in [0.1, 0.15) is 43.3 Å². The van der Waals surface area contributed by atoms with Crippen molar-refractivity contribution in [2.75, 3.05) is 18.8 Å². The van der Waals surface area contributed by atoms with Crippen molar-refractivity contribution in [2.24, 2.45) is 0 Å². The molecule has 2 fully saturated rings. The van der Waals surface area contributed by atoms with Gasteiger partial charge in [-0.3, -0.25) is 0 Å². The third-order valence-electron chi connectivity index (χ3n) is 3.61. The van der Waals surface area contributed by atoms with Crippen LogP contribution in [0, 0.1) is 0 Å². The van der Waals surface area contributed by atoms with Crippen LogP contribution in [0.4, 0.5) is 0 Å². The summed E-state index contributed by atoms with van der Waals surface area (Å²) in [6, 6.07) is 0. The summed E-state index contributed by atoms with van der Waals surface area (Å²) in [4.78, 5) is 4.58. The minimum atomic E-state index is 0.480. The second-order valence-electron chi connectivity index (χ2n) is 4.91. The van der Waals surface area contributed by atoms with Crippen LogP contribution in [0.15, 0.2) is 4.52 Å². The molecule has 5 heteroatoms. The fourth-order valence-electron chi connectivity index (χ4n) is 2.59. The maximum atomic E-state index is 5.42. The van der Waals surface area contributed by atoms with E-state index in [-0.39, 0.29) is 0 Å². The molecule has 1 aromatic rings. The van der Waals surface area contributed by atoms with Crippen LogP contribution < -0.4 is 5.32 Å². The molecule has 1 N–H and O–H groups in total. The largest absolute Gasteiger partial charge is 0.339 e. The number of hydrogen-bond acceptors (Lipinski definition) is 5. The molecule has 0 bridgehead atoms. The Morgan fingerprint density at radius 1 is 1.29 bits per heavy atom. The van der Waals surface area contributed by atoms with Crippen molar-refractivity contribution in [1.82, 2.24) is 15.5 Å². The van der Waals surface area contributed by atoms with Gasteiger partial charge in [0, 0.05) is 17.6 Å². The summed E-state index contributed by atoms with van der Waals surface area (Å²) in [5.74, 6) is 3.56. The highest BCUT2D eigenvalue weighted by Crippen LogP contribution is 2.29. The van der Waals surface area contributed by atoms with Crippen molar-refractivity contribution >= 4 is 11.8 Å². The van der Waals surface area contributed by atoms with Crippen molar-refractivity contribution in [3.8, 4) is 0 Å². The molecule has 3 heterocycles. The molecular formula is C12H19N3OS. The normalized spacial score (nSPS) is 26.5. The van der Waals surface area contributed by atoms with Crippen LogP contribution in [0.3, 0.4) is 0 Å². The number of nitrogens with one attached hydrogen (secondary N) is 1. The lowest BCUT2D eigenvalue weighted by Crippen LogP contribution is -2.26. The first-order chi connectivity index (χ1) is 8.42. The number of nitrogens with zero attached hydrogens (tertiary/aromatic N) is 2. The summed E-state index contributed by atoms with van der Waals surface area (Å²) in [7, 11) is 0. The predicted octanol–water partition coefficient (Wildman–Crippen LogP) is 1.97. The van der Waals surface area contributed by atoms with Crippen LogP contribution in [0.25, 0.3) is 0 Å². The average Bonchev–Trinajstić information content (AvgIpc) is 3.02. The standard InChI is InChI=1S/C12H19N3OS/c1-2-10(17-7-1)8-11-14-12(16-15-11)9-3-5-13-6-4-9/h9-10,13H,1-8H2. The molecular weight excluding hydrogens is 234 g/mol. The van der Waals surface area contributed by atoms with Crippen molar-refractivity contribution in [2.45, 2.75) is 43.3 Å². The first-order valence-corrected chi connectivity index (χ1v) is 7.61. The maximum Gasteiger partial charge on any atom is 0.229 e. The van der Waals surface area contributed by atoms with E-state index in [1.807, 2.05) is 0 Å². The Bertz CT molecular complexity index is 356. The molecule has 1 atom stereocenters. The van der Waals surface area contributed by atoms with Gasteiger partial charge >= 0.3 is 0 Å². The minimum absolute atomic E-state index is 0.480. The molecule has 1 aromatic heterocycles. The monoisotopic (exact) mass is 253 g/mol. The first kappa shape index (κ1) is 11.5. The van der Waals surface area contributed by atoms with Gasteiger partial charge in [0.2, 0.25) is 5.89 Å². The number of piperidine rings is 1. The topological polar surface area (TPSA) is 51.0 Å². The van der Waals surface area contributed by atoms with Gasteiger partial charge in [-0.1, -0.05) is 5.16 Å². The van der Waals surface area contributed by atoms with E-state index < -0.39 is 0 Å². The highest BCUT2D eigenvalue weighted by molar-refractivity contribution is 8.00. The second kappa shape index (κ2) is 5.40. The fourth-order valence-corrected chi connectivity index (χ4v) is 3.86. The molecule has 3 rings (SSSR count). The molecule has 2 aliphatic rings. The summed E-state index contributed by atoms with van der Waals surface area (Å²) in [5.41, 5.74) is 0. The second-order valence-corrected chi connectivity index (χ2v) is 6.32. The smallest absolute Gasteiger partial charge is 0.229 e. The van der Waals surface area contributed by atoms with Gasteiger partial charge in [0.15, 0.2) is 5.82 Å². The third-order valence-corrected chi connectivity index (χ3v) is 5.00. The summed E-state index contributed by atoms with van der Waals surface area (Å²) in [6.45, 7) is 2.14. The molecule has 0 aliphatic carbocycles. The van der Waals surface area contributed by atoms with E-state index in [0.717, 1.165) is 44.1 Å². The first-order valence-electron chi connectivity index (χ1n) is 6.56. The van der Waals surface area contributed by atoms with Gasteiger partial charge in [0.05, 0.1) is 0 Å². The molecule has 0 spiro atoms. The van der Waals surface area contributed by atoms with E-state index >= 15 is 0 Å². The summed E-state index contributed by atoms with van der Waals surface area (Å²) in [6.07, 6.45) is 5.88. The molecule has 2 saturated heterocycles. The zero-order valence-electron chi connectivity index (χ0n) is 10.0. The van der Waals surface area contributed by atoms with Crippen molar-refractivity contribution in [3.05, 3.63) is 11.7 Å². The molecule has 0 radical (unpaired) electrons. The van der Waals surface area contributed by atoms with Gasteiger partial charge < -0.3 is 9.84 Å². The Balaban J connectivity index is 1.60. The summed E-state index contributed by atoms with van der Waals surface area (Å²) < 4.78 is 5.42. The van der Waals surface area contributed by atoms with Gasteiger partial charge in [-0.05, 0) is 44.5 Å².